The van der Waals surface area contributed by atoms with Crippen LogP contribution in [-0.2, 0) is 0 Å². The second-order valence-electron chi connectivity index (χ2n) is 5.00. The normalized spacial score (nSPS) is 14.7. The quantitative estimate of drug-likeness (QED) is 0.868. The molecule has 2 aromatic carbocycles. The highest BCUT2D eigenvalue weighted by Gasteiger charge is 2.12. The van der Waals surface area contributed by atoms with Gasteiger partial charge in [0.2, 0.25) is 0 Å². The molecule has 0 saturated heterocycles. The molecule has 0 saturated carbocycles. The molecule has 0 aromatic heterocycles. The lowest BCUT2D eigenvalue weighted by atomic mass is 9.89. The van der Waals surface area contributed by atoms with E-state index in [0.29, 0.717) is 0 Å². The van der Waals surface area contributed by atoms with E-state index in [0.717, 1.165) is 11.1 Å². The maximum atomic E-state index is 9.38. The minimum Gasteiger partial charge on any atom is -0.396 e. The predicted octanol–water partition coefficient (Wildman–Crippen LogP) is 3.03. The summed E-state index contributed by atoms with van der Waals surface area (Å²) in [7, 11) is 0. The first kappa shape index (κ1) is 13.1. The summed E-state index contributed by atoms with van der Waals surface area (Å²) in [6.45, 7) is 4.32. The van der Waals surface area contributed by atoms with Crippen LogP contribution in [0.25, 0.3) is 10.8 Å². The van der Waals surface area contributed by atoms with Crippen LogP contribution in [0.2, 0.25) is 0 Å². The van der Waals surface area contributed by atoms with E-state index in [1.54, 1.807) is 0 Å². The molecule has 0 aliphatic rings. The first-order valence-electron chi connectivity index (χ1n) is 6.41. The molecule has 0 fully saturated rings. The van der Waals surface area contributed by atoms with Crippen LogP contribution >= 0.6 is 0 Å². The third-order valence-corrected chi connectivity index (χ3v) is 3.56. The molecule has 18 heavy (non-hydrogen) atoms. The fourth-order valence-corrected chi connectivity index (χ4v) is 2.26. The summed E-state index contributed by atoms with van der Waals surface area (Å²) in [6.07, 6.45) is 0. The Hall–Kier alpha value is -1.38. The van der Waals surface area contributed by atoms with Crippen molar-refractivity contribution in [2.75, 3.05) is 13.2 Å². The maximum Gasteiger partial charge on any atom is 0.0497 e. The van der Waals surface area contributed by atoms with Crippen molar-refractivity contribution in [1.29, 1.82) is 0 Å². The van der Waals surface area contributed by atoms with E-state index in [2.05, 4.69) is 24.3 Å². The van der Waals surface area contributed by atoms with E-state index in [1.165, 1.54) is 10.8 Å². The Morgan fingerprint density at radius 1 is 0.944 bits per heavy atom. The first-order valence-corrected chi connectivity index (χ1v) is 6.41. The highest BCUT2D eigenvalue weighted by molar-refractivity contribution is 5.87. The Morgan fingerprint density at radius 2 is 1.61 bits per heavy atom. The van der Waals surface area contributed by atoms with Crippen molar-refractivity contribution < 1.29 is 10.2 Å². The minimum atomic E-state index is 0.112. The zero-order chi connectivity index (χ0) is 13.1. The van der Waals surface area contributed by atoms with Crippen molar-refractivity contribution in [3.05, 3.63) is 47.5 Å². The molecule has 2 N–H and O–H groups in total. The number of hydrogen-bond donors (Lipinski definition) is 2. The van der Waals surface area contributed by atoms with E-state index in [4.69, 9.17) is 0 Å². The van der Waals surface area contributed by atoms with Crippen molar-refractivity contribution in [1.82, 2.24) is 0 Å². The number of aliphatic hydroxyl groups is 2. The molecule has 2 heteroatoms. The number of fused-ring (bicyclic) bond motifs is 1. The summed E-state index contributed by atoms with van der Waals surface area (Å²) in [6, 6.07) is 12.4. The molecule has 2 atom stereocenters. The molecule has 0 bridgehead atoms. The summed E-state index contributed by atoms with van der Waals surface area (Å²) < 4.78 is 0. The van der Waals surface area contributed by atoms with E-state index >= 15 is 0 Å². The van der Waals surface area contributed by atoms with Crippen LogP contribution in [0, 0.1) is 0 Å². The predicted molar refractivity (Wildman–Crippen MR) is 74.9 cm³/mol. The molecule has 0 aliphatic heterocycles. The van der Waals surface area contributed by atoms with Crippen LogP contribution in [-0.4, -0.2) is 23.4 Å². The SMILES string of the molecule is CC(CO)c1cc(C(C)CO)c2ccccc2c1. The molecule has 96 valence electrons. The molecule has 2 unspecified atom stereocenters. The molecular formula is C16H20O2. The number of aliphatic hydroxyl groups excluding tert-OH is 2. The molecule has 2 aromatic rings. The lowest BCUT2D eigenvalue weighted by Gasteiger charge is -2.17. The summed E-state index contributed by atoms with van der Waals surface area (Å²) in [5.74, 6) is 0.236. The van der Waals surface area contributed by atoms with Crippen molar-refractivity contribution in [3.8, 4) is 0 Å². The highest BCUT2D eigenvalue weighted by Crippen LogP contribution is 2.30. The smallest absolute Gasteiger partial charge is 0.0497 e. The maximum absolute atomic E-state index is 9.38. The summed E-state index contributed by atoms with van der Waals surface area (Å²) in [5.41, 5.74) is 2.29. The van der Waals surface area contributed by atoms with E-state index in [1.807, 2.05) is 26.0 Å². The molecule has 0 heterocycles. The van der Waals surface area contributed by atoms with Gasteiger partial charge < -0.3 is 10.2 Å². The van der Waals surface area contributed by atoms with Crippen LogP contribution in [0.1, 0.15) is 36.8 Å². The molecule has 2 nitrogen and oxygen atoms in total. The van der Waals surface area contributed by atoms with Gasteiger partial charge in [0.15, 0.2) is 0 Å². The monoisotopic (exact) mass is 244 g/mol. The second kappa shape index (κ2) is 5.51. The Bertz CT molecular complexity index is 534. The van der Waals surface area contributed by atoms with Gasteiger partial charge in [0.25, 0.3) is 0 Å². The lowest BCUT2D eigenvalue weighted by molar-refractivity contribution is 0.271. The molecule has 2 rings (SSSR count). The fourth-order valence-electron chi connectivity index (χ4n) is 2.26. The van der Waals surface area contributed by atoms with Gasteiger partial charge in [-0.25, -0.2) is 0 Å². The molecule has 0 amide bonds. The van der Waals surface area contributed by atoms with Crippen molar-refractivity contribution >= 4 is 10.8 Å². The summed E-state index contributed by atoms with van der Waals surface area (Å²) >= 11 is 0. The van der Waals surface area contributed by atoms with Crippen LogP contribution in [0.15, 0.2) is 36.4 Å². The number of rotatable bonds is 4. The molecule has 0 radical (unpaired) electrons. The van der Waals surface area contributed by atoms with Gasteiger partial charge in [-0.1, -0.05) is 50.2 Å². The largest absolute Gasteiger partial charge is 0.396 e. The Morgan fingerprint density at radius 3 is 2.28 bits per heavy atom. The van der Waals surface area contributed by atoms with Crippen molar-refractivity contribution in [2.24, 2.45) is 0 Å². The zero-order valence-corrected chi connectivity index (χ0v) is 10.9. The van der Waals surface area contributed by atoms with Crippen molar-refractivity contribution in [2.45, 2.75) is 25.7 Å². The second-order valence-corrected chi connectivity index (χ2v) is 5.00. The Balaban J connectivity index is 2.64. The van der Waals surface area contributed by atoms with Gasteiger partial charge in [-0.3, -0.25) is 0 Å². The third kappa shape index (κ3) is 2.40. The average molecular weight is 244 g/mol. The van der Waals surface area contributed by atoms with Crippen molar-refractivity contribution in [3.63, 3.8) is 0 Å². The molecular weight excluding hydrogens is 224 g/mol. The highest BCUT2D eigenvalue weighted by atomic mass is 16.3. The fraction of sp³-hybridized carbons (Fsp3) is 0.375. The zero-order valence-electron chi connectivity index (χ0n) is 10.9. The van der Waals surface area contributed by atoms with Crippen LogP contribution in [0.5, 0.6) is 0 Å². The van der Waals surface area contributed by atoms with Gasteiger partial charge in [-0.2, -0.15) is 0 Å². The molecule has 0 spiro atoms. The van der Waals surface area contributed by atoms with Gasteiger partial charge in [0, 0.05) is 25.0 Å². The Labute approximate surface area is 108 Å². The Kier molecular flexibility index (Phi) is 4.00. The lowest BCUT2D eigenvalue weighted by Crippen LogP contribution is -2.04. The number of hydrogen-bond acceptors (Lipinski definition) is 2. The van der Waals surface area contributed by atoms with Gasteiger partial charge in [-0.05, 0) is 21.9 Å². The van der Waals surface area contributed by atoms with E-state index in [9.17, 15) is 10.2 Å². The standard InChI is InChI=1S/C16H20O2/c1-11(9-17)14-7-13-5-3-4-6-15(13)16(8-14)12(2)10-18/h3-8,11-12,17-18H,9-10H2,1-2H3. The van der Waals surface area contributed by atoms with E-state index in [-0.39, 0.29) is 25.0 Å². The third-order valence-electron chi connectivity index (χ3n) is 3.56. The van der Waals surface area contributed by atoms with Crippen LogP contribution in [0.3, 0.4) is 0 Å². The van der Waals surface area contributed by atoms with Crippen LogP contribution in [0.4, 0.5) is 0 Å². The van der Waals surface area contributed by atoms with Gasteiger partial charge in [0.05, 0.1) is 0 Å². The first-order chi connectivity index (χ1) is 8.67. The van der Waals surface area contributed by atoms with Gasteiger partial charge in [-0.15, -0.1) is 0 Å². The summed E-state index contributed by atoms with van der Waals surface area (Å²) in [5, 5.41) is 21.0. The number of benzene rings is 2. The van der Waals surface area contributed by atoms with Gasteiger partial charge in [0.1, 0.15) is 0 Å². The van der Waals surface area contributed by atoms with Gasteiger partial charge >= 0.3 is 0 Å². The van der Waals surface area contributed by atoms with E-state index < -0.39 is 0 Å². The summed E-state index contributed by atoms with van der Waals surface area (Å²) in [4.78, 5) is 0. The minimum absolute atomic E-state index is 0.112. The van der Waals surface area contributed by atoms with Crippen LogP contribution < -0.4 is 0 Å². The topological polar surface area (TPSA) is 40.5 Å². The average Bonchev–Trinajstić information content (AvgIpc) is 2.44. The molecule has 0 aliphatic carbocycles.